The number of pyridine rings is 2. The van der Waals surface area contributed by atoms with Gasteiger partial charge in [-0.15, -0.1) is 0 Å². The van der Waals surface area contributed by atoms with Gasteiger partial charge in [-0.3, -0.25) is 9.38 Å². The van der Waals surface area contributed by atoms with Crippen LogP contribution in [-0.4, -0.2) is 18.9 Å². The summed E-state index contributed by atoms with van der Waals surface area (Å²) < 4.78 is 4.68. The van der Waals surface area contributed by atoms with E-state index in [1.807, 2.05) is 12.4 Å². The summed E-state index contributed by atoms with van der Waals surface area (Å²) in [7, 11) is 0. The Bertz CT molecular complexity index is 2550. The molecule has 1 aliphatic rings. The number of para-hydroxylation sites is 4. The second-order valence-electron chi connectivity index (χ2n) is 11.1. The Balaban J connectivity index is 1.31. The maximum Gasteiger partial charge on any atom is 0.146 e. The summed E-state index contributed by atoms with van der Waals surface area (Å²) >= 11 is 0. The number of hydrogen-bond acceptors (Lipinski definition) is 2. The Hall–Kier alpha value is -5.48. The van der Waals surface area contributed by atoms with Crippen molar-refractivity contribution in [1.29, 1.82) is 0 Å². The molecule has 4 nitrogen and oxygen atoms in total. The van der Waals surface area contributed by atoms with Gasteiger partial charge in [-0.2, -0.15) is 0 Å². The molecule has 5 aromatic carbocycles. The highest BCUT2D eigenvalue weighted by Gasteiger charge is 2.24. The summed E-state index contributed by atoms with van der Waals surface area (Å²) in [5.74, 6) is 0. The zero-order chi connectivity index (χ0) is 26.7. The summed E-state index contributed by atoms with van der Waals surface area (Å²) in [6.07, 6.45) is 4.79. The molecule has 0 bridgehead atoms. The molecule has 4 heteroatoms. The van der Waals surface area contributed by atoms with Crippen molar-refractivity contribution in [2.24, 2.45) is 0 Å². The van der Waals surface area contributed by atoms with Crippen LogP contribution in [0.1, 0.15) is 11.1 Å². The van der Waals surface area contributed by atoms with Crippen molar-refractivity contribution in [3.63, 3.8) is 0 Å². The molecule has 0 saturated heterocycles. The van der Waals surface area contributed by atoms with Gasteiger partial charge in [0.2, 0.25) is 0 Å². The lowest BCUT2D eigenvalue weighted by Gasteiger charge is -2.11. The smallest absolute Gasteiger partial charge is 0.146 e. The topological polar surface area (TPSA) is 35.1 Å². The molecule has 41 heavy (non-hydrogen) atoms. The molecule has 4 aromatic heterocycles. The highest BCUT2D eigenvalue weighted by atomic mass is 15.0. The fourth-order valence-electron chi connectivity index (χ4n) is 7.21. The van der Waals surface area contributed by atoms with Gasteiger partial charge in [0.1, 0.15) is 5.65 Å². The van der Waals surface area contributed by atoms with Gasteiger partial charge in [-0.25, -0.2) is 4.98 Å². The molecule has 0 aliphatic heterocycles. The van der Waals surface area contributed by atoms with Crippen LogP contribution in [0.2, 0.25) is 0 Å². The highest BCUT2D eigenvalue weighted by molar-refractivity contribution is 6.16. The molecule has 1 aliphatic carbocycles. The molecule has 4 heterocycles. The lowest BCUT2D eigenvalue weighted by Crippen LogP contribution is -1.94. The molecule has 10 rings (SSSR count). The van der Waals surface area contributed by atoms with E-state index in [4.69, 9.17) is 4.98 Å². The third-order valence-corrected chi connectivity index (χ3v) is 8.96. The summed E-state index contributed by atoms with van der Waals surface area (Å²) in [5, 5.41) is 6.20. The van der Waals surface area contributed by atoms with Gasteiger partial charge in [0.15, 0.2) is 0 Å². The zero-order valence-corrected chi connectivity index (χ0v) is 22.0. The molecule has 0 radical (unpaired) electrons. The van der Waals surface area contributed by atoms with Crippen LogP contribution in [0.3, 0.4) is 0 Å². The zero-order valence-electron chi connectivity index (χ0n) is 22.0. The van der Waals surface area contributed by atoms with E-state index >= 15 is 0 Å². The lowest BCUT2D eigenvalue weighted by molar-refractivity contribution is 1.18. The molecule has 9 aromatic rings. The first-order valence-electron chi connectivity index (χ1n) is 14.0. The Kier molecular flexibility index (Phi) is 3.95. The third kappa shape index (κ3) is 2.74. The van der Waals surface area contributed by atoms with Crippen LogP contribution >= 0.6 is 0 Å². The second-order valence-corrected chi connectivity index (χ2v) is 11.1. The van der Waals surface area contributed by atoms with Crippen molar-refractivity contribution < 1.29 is 0 Å². The number of imidazole rings is 1. The van der Waals surface area contributed by atoms with E-state index in [1.54, 1.807) is 0 Å². The number of nitrogens with zero attached hydrogens (tertiary/aromatic N) is 4. The Labute approximate surface area is 234 Å². The summed E-state index contributed by atoms with van der Waals surface area (Å²) in [4.78, 5) is 9.62. The molecule has 0 spiro atoms. The van der Waals surface area contributed by atoms with Gasteiger partial charge in [-0.1, -0.05) is 48.5 Å². The molecular formula is C37H22N4. The van der Waals surface area contributed by atoms with E-state index < -0.39 is 0 Å². The molecule has 0 unspecified atom stereocenters. The minimum atomic E-state index is 0.919. The maximum atomic E-state index is 5.12. The minimum absolute atomic E-state index is 0.919. The first-order valence-corrected chi connectivity index (χ1v) is 14.0. The quantitative estimate of drug-likeness (QED) is 0.202. The number of rotatable bonds is 1. The molecule has 0 saturated carbocycles. The van der Waals surface area contributed by atoms with E-state index in [2.05, 4.69) is 123 Å². The maximum absolute atomic E-state index is 5.12. The van der Waals surface area contributed by atoms with E-state index in [0.29, 0.717) is 0 Å². The lowest BCUT2D eigenvalue weighted by atomic mass is 9.98. The molecule has 0 N–H and O–H groups in total. The van der Waals surface area contributed by atoms with Crippen LogP contribution in [-0.2, 0) is 6.42 Å². The molecule has 0 fully saturated rings. The van der Waals surface area contributed by atoms with Gasteiger partial charge in [-0.05, 0) is 94.7 Å². The van der Waals surface area contributed by atoms with Crippen molar-refractivity contribution in [1.82, 2.24) is 18.9 Å². The summed E-state index contributed by atoms with van der Waals surface area (Å²) in [6, 6.07) is 39.6. The standard InChI is InChI=1S/C37H22N4/c1-2-8-24(9-3-1)40-33-12-6-4-10-25(33)30-17-22-16-23-18-31-29(19-27(23)28(22)20-35(30)40)26-14-15-38-21-36(26)41-34-13-7-5-11-32(34)39-37(31)41/h1-15,17-21H,16H2. The van der Waals surface area contributed by atoms with Crippen molar-refractivity contribution in [3.8, 4) is 16.8 Å². The largest absolute Gasteiger partial charge is 0.309 e. The van der Waals surface area contributed by atoms with Crippen molar-refractivity contribution >= 4 is 60.2 Å². The molecule has 190 valence electrons. The van der Waals surface area contributed by atoms with Crippen molar-refractivity contribution in [2.75, 3.05) is 0 Å². The minimum Gasteiger partial charge on any atom is -0.309 e. The molecule has 0 amide bonds. The molecule has 0 atom stereocenters. The molecular weight excluding hydrogens is 500 g/mol. The monoisotopic (exact) mass is 522 g/mol. The van der Waals surface area contributed by atoms with Crippen LogP contribution in [0.25, 0.3) is 77.0 Å². The van der Waals surface area contributed by atoms with Crippen LogP contribution < -0.4 is 0 Å². The van der Waals surface area contributed by atoms with Crippen LogP contribution in [0.4, 0.5) is 0 Å². The van der Waals surface area contributed by atoms with E-state index in [1.165, 1.54) is 65.9 Å². The first-order chi connectivity index (χ1) is 20.3. The van der Waals surface area contributed by atoms with Crippen LogP contribution in [0, 0.1) is 0 Å². The van der Waals surface area contributed by atoms with Crippen LogP contribution in [0.15, 0.2) is 122 Å². The number of fused-ring (bicyclic) bond motifs is 14. The number of aromatic nitrogens is 4. The second kappa shape index (κ2) is 7.58. The Morgan fingerprint density at radius 1 is 0.537 bits per heavy atom. The average molecular weight is 523 g/mol. The summed E-state index contributed by atoms with van der Waals surface area (Å²) in [6.45, 7) is 0. The predicted molar refractivity (Wildman–Crippen MR) is 168 cm³/mol. The van der Waals surface area contributed by atoms with Gasteiger partial charge >= 0.3 is 0 Å². The van der Waals surface area contributed by atoms with E-state index in [9.17, 15) is 0 Å². The fraction of sp³-hybridized carbons (Fsp3) is 0.0270. The van der Waals surface area contributed by atoms with E-state index in [0.717, 1.165) is 28.6 Å². The van der Waals surface area contributed by atoms with E-state index in [-0.39, 0.29) is 0 Å². The van der Waals surface area contributed by atoms with Gasteiger partial charge in [0.05, 0.1) is 33.8 Å². The Morgan fingerprint density at radius 2 is 1.27 bits per heavy atom. The van der Waals surface area contributed by atoms with Crippen molar-refractivity contribution in [2.45, 2.75) is 6.42 Å². The number of benzene rings is 5. The van der Waals surface area contributed by atoms with Gasteiger partial charge in [0, 0.05) is 33.4 Å². The predicted octanol–water partition coefficient (Wildman–Crippen LogP) is 8.86. The highest BCUT2D eigenvalue weighted by Crippen LogP contribution is 2.45. The van der Waals surface area contributed by atoms with Crippen LogP contribution in [0.5, 0.6) is 0 Å². The SMILES string of the molecule is c1ccc(-n2c3ccccc3c3cc4c(cc32)-c2cc3c5ccncc5n5c6ccccc6nc5c3cc2C4)cc1. The first kappa shape index (κ1) is 21.4. The normalized spacial score (nSPS) is 12.8. The average Bonchev–Trinajstić information content (AvgIpc) is 3.69. The van der Waals surface area contributed by atoms with Gasteiger partial charge in [0.25, 0.3) is 0 Å². The Morgan fingerprint density at radius 3 is 2.17 bits per heavy atom. The third-order valence-electron chi connectivity index (χ3n) is 8.96. The fourth-order valence-corrected chi connectivity index (χ4v) is 7.21. The number of hydrogen-bond donors (Lipinski definition) is 0. The van der Waals surface area contributed by atoms with Gasteiger partial charge < -0.3 is 4.57 Å². The summed E-state index contributed by atoms with van der Waals surface area (Å²) in [5.41, 5.74) is 13.2. The van der Waals surface area contributed by atoms with Crippen molar-refractivity contribution in [3.05, 3.63) is 133 Å².